The molecule has 0 fully saturated rings. The third kappa shape index (κ3) is 4.00. The van der Waals surface area contributed by atoms with E-state index in [0.29, 0.717) is 10.9 Å². The van der Waals surface area contributed by atoms with E-state index >= 15 is 0 Å². The second-order valence-corrected chi connectivity index (χ2v) is 6.42. The first-order valence-electron chi connectivity index (χ1n) is 8.19. The molecule has 0 saturated carbocycles. The van der Waals surface area contributed by atoms with Crippen molar-refractivity contribution in [2.75, 3.05) is 0 Å². The molecule has 0 aliphatic rings. The second kappa shape index (κ2) is 8.05. The number of nitrogens with one attached hydrogen (secondary N) is 1. The van der Waals surface area contributed by atoms with E-state index in [2.05, 4.69) is 68.8 Å². The van der Waals surface area contributed by atoms with Crippen molar-refractivity contribution in [3.63, 3.8) is 0 Å². The van der Waals surface area contributed by atoms with Crippen LogP contribution in [-0.4, -0.2) is 35.4 Å². The van der Waals surface area contributed by atoms with Gasteiger partial charge < -0.3 is 0 Å². The van der Waals surface area contributed by atoms with Gasteiger partial charge in [-0.1, -0.05) is 56.3 Å². The minimum Gasteiger partial charge on any atom is -0.258 e. The molecule has 126 valence electrons. The first kappa shape index (κ1) is 16.6. The fourth-order valence-electron chi connectivity index (χ4n) is 2.28. The minimum atomic E-state index is 0.656. The van der Waals surface area contributed by atoms with E-state index in [1.807, 2.05) is 4.68 Å². The first-order valence-corrected chi connectivity index (χ1v) is 9.18. The predicted molar refractivity (Wildman–Crippen MR) is 93.5 cm³/mol. The number of rotatable bonds is 8. The molecule has 3 aromatic rings. The Morgan fingerprint density at radius 3 is 2.75 bits per heavy atom. The highest BCUT2D eigenvalue weighted by Gasteiger charge is 2.10. The van der Waals surface area contributed by atoms with Crippen LogP contribution in [0.15, 0.2) is 29.4 Å². The van der Waals surface area contributed by atoms with Crippen molar-refractivity contribution in [2.45, 2.75) is 50.6 Å². The number of aromatic amines is 1. The average Bonchev–Trinajstić information content (AvgIpc) is 3.27. The molecule has 2 heterocycles. The first-order chi connectivity index (χ1) is 11.8. The molecule has 0 saturated heterocycles. The van der Waals surface area contributed by atoms with E-state index in [0.717, 1.165) is 43.0 Å². The third-order valence-electron chi connectivity index (χ3n) is 3.76. The lowest BCUT2D eigenvalue weighted by Crippen LogP contribution is -2.05. The summed E-state index contributed by atoms with van der Waals surface area (Å²) in [6.07, 6.45) is 3.22. The molecule has 0 aliphatic heterocycles. The topological polar surface area (TPSA) is 85.2 Å². The van der Waals surface area contributed by atoms with Gasteiger partial charge in [-0.2, -0.15) is 0 Å². The second-order valence-electron chi connectivity index (χ2n) is 5.48. The highest BCUT2D eigenvalue weighted by Crippen LogP contribution is 2.22. The van der Waals surface area contributed by atoms with Crippen LogP contribution in [0.3, 0.4) is 0 Å². The Kier molecular flexibility index (Phi) is 5.58. The zero-order valence-corrected chi connectivity index (χ0v) is 14.8. The van der Waals surface area contributed by atoms with Gasteiger partial charge in [-0.15, -0.1) is 10.2 Å². The number of benzene rings is 1. The van der Waals surface area contributed by atoms with Crippen LogP contribution in [-0.2, 0) is 18.7 Å². The van der Waals surface area contributed by atoms with Gasteiger partial charge in [0, 0.05) is 12.1 Å². The molecular formula is C16H21N7S. The van der Waals surface area contributed by atoms with E-state index < -0.39 is 0 Å². The minimum absolute atomic E-state index is 0.656. The molecule has 0 atom stereocenters. The Labute approximate surface area is 145 Å². The summed E-state index contributed by atoms with van der Waals surface area (Å²) < 4.78 is 1.85. The summed E-state index contributed by atoms with van der Waals surface area (Å²) in [7, 11) is 0. The molecule has 7 nitrogen and oxygen atoms in total. The molecular weight excluding hydrogens is 322 g/mol. The average molecular weight is 343 g/mol. The zero-order valence-electron chi connectivity index (χ0n) is 13.9. The van der Waals surface area contributed by atoms with Crippen molar-refractivity contribution in [3.05, 3.63) is 35.7 Å². The van der Waals surface area contributed by atoms with Crippen LogP contribution in [0.25, 0.3) is 11.4 Å². The number of thioether (sulfide) groups is 1. The van der Waals surface area contributed by atoms with Crippen molar-refractivity contribution in [1.29, 1.82) is 0 Å². The van der Waals surface area contributed by atoms with Gasteiger partial charge in [-0.25, -0.2) is 9.67 Å². The van der Waals surface area contributed by atoms with Crippen molar-refractivity contribution in [1.82, 2.24) is 35.4 Å². The summed E-state index contributed by atoms with van der Waals surface area (Å²) in [4.78, 5) is 4.55. The molecule has 0 aliphatic carbocycles. The van der Waals surface area contributed by atoms with Crippen LogP contribution in [0, 0.1) is 0 Å². The van der Waals surface area contributed by atoms with Gasteiger partial charge >= 0.3 is 0 Å². The Balaban J connectivity index is 1.63. The molecule has 0 spiro atoms. The smallest absolute Gasteiger partial charge is 0.209 e. The molecule has 1 N–H and O–H groups in total. The molecule has 1 aromatic carbocycles. The number of tetrazole rings is 1. The number of unbranched alkanes of at least 4 members (excludes halogenated alkanes) is 1. The maximum Gasteiger partial charge on any atom is 0.209 e. The highest BCUT2D eigenvalue weighted by molar-refractivity contribution is 7.98. The maximum absolute atomic E-state index is 4.55. The van der Waals surface area contributed by atoms with Crippen molar-refractivity contribution < 1.29 is 0 Å². The normalized spacial score (nSPS) is 11.1. The van der Waals surface area contributed by atoms with Crippen LogP contribution in [0.2, 0.25) is 0 Å². The molecule has 0 amide bonds. The Morgan fingerprint density at radius 1 is 1.17 bits per heavy atom. The Hall–Kier alpha value is -2.22. The fourth-order valence-corrected chi connectivity index (χ4v) is 3.01. The molecule has 0 unspecified atom stereocenters. The lowest BCUT2D eigenvalue weighted by atomic mass is 10.1. The van der Waals surface area contributed by atoms with Crippen molar-refractivity contribution in [2.24, 2.45) is 0 Å². The van der Waals surface area contributed by atoms with Crippen molar-refractivity contribution >= 4 is 11.8 Å². The van der Waals surface area contributed by atoms with Gasteiger partial charge in [-0.05, 0) is 28.8 Å². The van der Waals surface area contributed by atoms with Gasteiger partial charge in [0.1, 0.15) is 0 Å². The summed E-state index contributed by atoms with van der Waals surface area (Å²) in [6.45, 7) is 5.15. The zero-order chi connectivity index (χ0) is 16.8. The van der Waals surface area contributed by atoms with E-state index in [-0.39, 0.29) is 0 Å². The predicted octanol–water partition coefficient (Wildman–Crippen LogP) is 3.11. The molecule has 0 bridgehead atoms. The lowest BCUT2D eigenvalue weighted by Gasteiger charge is -2.01. The molecule has 3 rings (SSSR count). The SMILES string of the molecule is CCCCn1nnnc1CSc1n[nH]c(-c2ccc(CC)cc2)n1. The van der Waals surface area contributed by atoms with E-state index in [4.69, 9.17) is 0 Å². The number of aromatic nitrogens is 7. The largest absolute Gasteiger partial charge is 0.258 e. The van der Waals surface area contributed by atoms with Gasteiger partial charge in [0.15, 0.2) is 11.6 Å². The molecule has 2 aromatic heterocycles. The molecule has 0 radical (unpaired) electrons. The summed E-state index contributed by atoms with van der Waals surface area (Å²) in [5.74, 6) is 2.29. The Morgan fingerprint density at radius 2 is 2.00 bits per heavy atom. The summed E-state index contributed by atoms with van der Waals surface area (Å²) in [5.41, 5.74) is 2.35. The number of nitrogens with zero attached hydrogens (tertiary/aromatic N) is 6. The van der Waals surface area contributed by atoms with Gasteiger partial charge in [-0.3, -0.25) is 5.10 Å². The van der Waals surface area contributed by atoms with Crippen LogP contribution in [0.1, 0.15) is 38.1 Å². The number of hydrogen-bond acceptors (Lipinski definition) is 6. The monoisotopic (exact) mass is 343 g/mol. The van der Waals surface area contributed by atoms with E-state index in [1.165, 1.54) is 17.3 Å². The third-order valence-corrected chi connectivity index (χ3v) is 4.60. The molecule has 24 heavy (non-hydrogen) atoms. The highest BCUT2D eigenvalue weighted by atomic mass is 32.2. The summed E-state index contributed by atoms with van der Waals surface area (Å²) >= 11 is 1.53. The number of H-pyrrole nitrogens is 1. The van der Waals surface area contributed by atoms with Crippen molar-refractivity contribution in [3.8, 4) is 11.4 Å². The van der Waals surface area contributed by atoms with Gasteiger partial charge in [0.25, 0.3) is 0 Å². The quantitative estimate of drug-likeness (QED) is 0.633. The van der Waals surface area contributed by atoms with E-state index in [9.17, 15) is 0 Å². The standard InChI is InChI=1S/C16H21N7S/c1-3-5-10-23-14(18-21-22-23)11-24-16-17-15(19-20-16)13-8-6-12(4-2)7-9-13/h6-9H,3-5,10-11H2,1-2H3,(H,17,19,20). The van der Waals surface area contributed by atoms with E-state index in [1.54, 1.807) is 0 Å². The Bertz CT molecular complexity index is 763. The summed E-state index contributed by atoms with van der Waals surface area (Å²) in [5, 5.41) is 19.8. The fraction of sp³-hybridized carbons (Fsp3) is 0.438. The van der Waals surface area contributed by atoms with Crippen LogP contribution >= 0.6 is 11.8 Å². The molecule has 8 heteroatoms. The number of aryl methyl sites for hydroxylation is 2. The van der Waals surface area contributed by atoms with Gasteiger partial charge in [0.05, 0.1) is 5.75 Å². The van der Waals surface area contributed by atoms with Gasteiger partial charge in [0.2, 0.25) is 5.16 Å². The number of hydrogen-bond donors (Lipinski definition) is 1. The van der Waals surface area contributed by atoms with Crippen LogP contribution in [0.4, 0.5) is 0 Å². The summed E-state index contributed by atoms with van der Waals surface area (Å²) in [6, 6.07) is 8.37. The van der Waals surface area contributed by atoms with Crippen LogP contribution < -0.4 is 0 Å². The maximum atomic E-state index is 4.55. The van der Waals surface area contributed by atoms with Crippen LogP contribution in [0.5, 0.6) is 0 Å². The lowest BCUT2D eigenvalue weighted by molar-refractivity contribution is 0.540.